The van der Waals surface area contributed by atoms with Crippen LogP contribution in [0.25, 0.3) is 54.6 Å². The first-order chi connectivity index (χ1) is 19.8. The molecule has 8 rings (SSSR count). The number of anilines is 3. The molecule has 2 nitrogen and oxygen atoms in total. The number of rotatable bonds is 4. The Balaban J connectivity index is 1.43. The van der Waals surface area contributed by atoms with E-state index in [1.165, 1.54) is 32.7 Å². The first-order valence-electron chi connectivity index (χ1n) is 13.6. The van der Waals surface area contributed by atoms with E-state index in [9.17, 15) is 0 Å². The molecule has 188 valence electrons. The molecule has 0 atom stereocenters. The smallest absolute Gasteiger partial charge is 0.137 e. The predicted octanol–water partition coefficient (Wildman–Crippen LogP) is 11.0. The maximum absolute atomic E-state index is 6.32. The van der Waals surface area contributed by atoms with Gasteiger partial charge in [-0.3, -0.25) is 0 Å². The third kappa shape index (κ3) is 3.58. The Morgan fingerprint density at radius 2 is 1.02 bits per heavy atom. The van der Waals surface area contributed by atoms with Gasteiger partial charge >= 0.3 is 0 Å². The molecule has 0 aliphatic carbocycles. The van der Waals surface area contributed by atoms with Gasteiger partial charge in [-0.1, -0.05) is 115 Å². The summed E-state index contributed by atoms with van der Waals surface area (Å²) in [5.74, 6) is 0. The Morgan fingerprint density at radius 3 is 1.90 bits per heavy atom. The van der Waals surface area contributed by atoms with Crippen LogP contribution in [0, 0.1) is 0 Å². The van der Waals surface area contributed by atoms with Crippen LogP contribution >= 0.6 is 0 Å². The van der Waals surface area contributed by atoms with E-state index in [-0.39, 0.29) is 0 Å². The molecule has 1 heterocycles. The van der Waals surface area contributed by atoms with Crippen molar-refractivity contribution >= 4 is 60.5 Å². The lowest BCUT2D eigenvalue weighted by Crippen LogP contribution is -2.11. The van der Waals surface area contributed by atoms with Crippen molar-refractivity contribution in [2.45, 2.75) is 0 Å². The first-order valence-corrected chi connectivity index (χ1v) is 13.6. The SMILES string of the molecule is c1cc(-c2cccc3ccccc23)cc(N(c2cccc3ccccc23)c2cccc3oc4ccccc4c23)c1. The largest absolute Gasteiger partial charge is 0.456 e. The molecule has 0 aliphatic heterocycles. The van der Waals surface area contributed by atoms with Crippen molar-refractivity contribution in [1.82, 2.24) is 0 Å². The van der Waals surface area contributed by atoms with Crippen LogP contribution in [0.15, 0.2) is 156 Å². The van der Waals surface area contributed by atoms with Crippen LogP contribution in [-0.4, -0.2) is 0 Å². The van der Waals surface area contributed by atoms with E-state index in [1.807, 2.05) is 12.1 Å². The molecule has 0 radical (unpaired) electrons. The summed E-state index contributed by atoms with van der Waals surface area (Å²) in [5, 5.41) is 7.13. The molecule has 0 aliphatic rings. The highest BCUT2D eigenvalue weighted by Gasteiger charge is 2.21. The summed E-state index contributed by atoms with van der Waals surface area (Å²) in [6, 6.07) is 53.8. The fraction of sp³-hybridized carbons (Fsp3) is 0. The summed E-state index contributed by atoms with van der Waals surface area (Å²) < 4.78 is 6.32. The van der Waals surface area contributed by atoms with E-state index < -0.39 is 0 Å². The highest BCUT2D eigenvalue weighted by atomic mass is 16.3. The summed E-state index contributed by atoms with van der Waals surface area (Å²) in [7, 11) is 0. The lowest BCUT2D eigenvalue weighted by atomic mass is 9.97. The van der Waals surface area contributed by atoms with E-state index in [0.717, 1.165) is 39.0 Å². The summed E-state index contributed by atoms with van der Waals surface area (Å²) in [5.41, 5.74) is 7.51. The monoisotopic (exact) mass is 511 g/mol. The van der Waals surface area contributed by atoms with Gasteiger partial charge in [0.05, 0.1) is 16.8 Å². The van der Waals surface area contributed by atoms with Gasteiger partial charge < -0.3 is 9.32 Å². The zero-order valence-electron chi connectivity index (χ0n) is 21.8. The van der Waals surface area contributed by atoms with Gasteiger partial charge in [-0.15, -0.1) is 0 Å². The van der Waals surface area contributed by atoms with Gasteiger partial charge in [0.15, 0.2) is 0 Å². The zero-order chi connectivity index (χ0) is 26.5. The molecule has 0 fully saturated rings. The van der Waals surface area contributed by atoms with Crippen molar-refractivity contribution in [2.24, 2.45) is 0 Å². The molecule has 2 heteroatoms. The summed E-state index contributed by atoms with van der Waals surface area (Å²) in [6.07, 6.45) is 0. The standard InChI is InChI=1S/C38H25NO/c1-3-17-30-26(11-1)13-8-20-31(30)28-15-7-16-29(25-28)39(34-21-9-14-27-12-2-4-18-32(27)34)35-22-10-24-37-38(35)33-19-5-6-23-36(33)40-37/h1-25H. The number of hydrogen-bond donors (Lipinski definition) is 0. The summed E-state index contributed by atoms with van der Waals surface area (Å²) >= 11 is 0. The minimum absolute atomic E-state index is 0.883. The fourth-order valence-electron chi connectivity index (χ4n) is 6.04. The Hall–Kier alpha value is -5.34. The second-order valence-electron chi connectivity index (χ2n) is 10.2. The Bertz CT molecular complexity index is 2180. The minimum Gasteiger partial charge on any atom is -0.456 e. The van der Waals surface area contributed by atoms with Gasteiger partial charge in [0.1, 0.15) is 11.2 Å². The highest BCUT2D eigenvalue weighted by Crippen LogP contribution is 2.45. The van der Waals surface area contributed by atoms with Crippen molar-refractivity contribution < 1.29 is 4.42 Å². The Morgan fingerprint density at radius 1 is 0.425 bits per heavy atom. The van der Waals surface area contributed by atoms with Crippen molar-refractivity contribution in [3.63, 3.8) is 0 Å². The number of fused-ring (bicyclic) bond motifs is 5. The molecular formula is C38H25NO. The van der Waals surface area contributed by atoms with Crippen LogP contribution < -0.4 is 4.90 Å². The molecule has 0 amide bonds. The second kappa shape index (κ2) is 9.14. The molecule has 0 N–H and O–H groups in total. The Kier molecular flexibility index (Phi) is 5.17. The van der Waals surface area contributed by atoms with Crippen molar-refractivity contribution in [3.8, 4) is 11.1 Å². The topological polar surface area (TPSA) is 16.4 Å². The molecule has 0 saturated carbocycles. The number of furan rings is 1. The number of benzene rings is 7. The highest BCUT2D eigenvalue weighted by molar-refractivity contribution is 6.14. The summed E-state index contributed by atoms with van der Waals surface area (Å²) in [6.45, 7) is 0. The molecule has 1 aromatic heterocycles. The van der Waals surface area contributed by atoms with Gasteiger partial charge in [0, 0.05) is 16.5 Å². The van der Waals surface area contributed by atoms with Gasteiger partial charge in [-0.25, -0.2) is 0 Å². The molecule has 0 bridgehead atoms. The van der Waals surface area contributed by atoms with Crippen LogP contribution in [0.5, 0.6) is 0 Å². The van der Waals surface area contributed by atoms with Gasteiger partial charge in [-0.05, 0) is 63.7 Å². The molecule has 7 aromatic carbocycles. The zero-order valence-corrected chi connectivity index (χ0v) is 21.8. The summed E-state index contributed by atoms with van der Waals surface area (Å²) in [4.78, 5) is 2.39. The van der Waals surface area contributed by atoms with E-state index >= 15 is 0 Å². The van der Waals surface area contributed by atoms with E-state index in [4.69, 9.17) is 4.42 Å². The molecule has 0 saturated heterocycles. The third-order valence-electron chi connectivity index (χ3n) is 7.83. The Labute approximate surface area is 232 Å². The maximum Gasteiger partial charge on any atom is 0.137 e. The van der Waals surface area contributed by atoms with Crippen LogP contribution in [0.1, 0.15) is 0 Å². The normalized spacial score (nSPS) is 11.5. The fourth-order valence-corrected chi connectivity index (χ4v) is 6.04. The van der Waals surface area contributed by atoms with Crippen molar-refractivity contribution in [1.29, 1.82) is 0 Å². The average molecular weight is 512 g/mol. The maximum atomic E-state index is 6.32. The average Bonchev–Trinajstić information content (AvgIpc) is 3.41. The van der Waals surface area contributed by atoms with E-state index in [2.05, 4.69) is 144 Å². The van der Waals surface area contributed by atoms with Gasteiger partial charge in [0.2, 0.25) is 0 Å². The lowest BCUT2D eigenvalue weighted by molar-refractivity contribution is 0.669. The van der Waals surface area contributed by atoms with E-state index in [1.54, 1.807) is 0 Å². The molecule has 40 heavy (non-hydrogen) atoms. The third-order valence-corrected chi connectivity index (χ3v) is 7.83. The first kappa shape index (κ1) is 22.6. The lowest BCUT2D eigenvalue weighted by Gasteiger charge is -2.28. The van der Waals surface area contributed by atoms with Crippen LogP contribution in [0.3, 0.4) is 0 Å². The molecule has 0 spiro atoms. The van der Waals surface area contributed by atoms with Crippen molar-refractivity contribution in [3.05, 3.63) is 152 Å². The predicted molar refractivity (Wildman–Crippen MR) is 169 cm³/mol. The number of para-hydroxylation sites is 1. The minimum atomic E-state index is 0.883. The van der Waals surface area contributed by atoms with Crippen LogP contribution in [-0.2, 0) is 0 Å². The molecular weight excluding hydrogens is 486 g/mol. The molecule has 0 unspecified atom stereocenters. The van der Waals surface area contributed by atoms with Crippen LogP contribution in [0.4, 0.5) is 17.1 Å². The second-order valence-corrected chi connectivity index (χ2v) is 10.2. The number of nitrogens with zero attached hydrogens (tertiary/aromatic N) is 1. The number of hydrogen-bond acceptors (Lipinski definition) is 2. The van der Waals surface area contributed by atoms with Crippen molar-refractivity contribution in [2.75, 3.05) is 4.90 Å². The van der Waals surface area contributed by atoms with Crippen LogP contribution in [0.2, 0.25) is 0 Å². The van der Waals surface area contributed by atoms with Gasteiger partial charge in [0.25, 0.3) is 0 Å². The van der Waals surface area contributed by atoms with E-state index in [0.29, 0.717) is 0 Å². The van der Waals surface area contributed by atoms with Gasteiger partial charge in [-0.2, -0.15) is 0 Å². The quantitative estimate of drug-likeness (QED) is 0.234. The molecule has 8 aromatic rings.